The van der Waals surface area contributed by atoms with Gasteiger partial charge in [-0.25, -0.2) is 0 Å². The number of ether oxygens (including phenoxy) is 2. The number of hydrogen-bond donors (Lipinski definition) is 1. The van der Waals surface area contributed by atoms with Crippen molar-refractivity contribution in [1.29, 1.82) is 0 Å². The van der Waals surface area contributed by atoms with Gasteiger partial charge in [0.05, 0.1) is 13.2 Å². The van der Waals surface area contributed by atoms with Crippen molar-refractivity contribution in [1.82, 2.24) is 10.2 Å². The quantitative estimate of drug-likeness (QED) is 0.752. The molecule has 2 fully saturated rings. The smallest absolute Gasteiger partial charge is 0.251 e. The molecule has 4 rings (SSSR count). The number of amides is 1. The van der Waals surface area contributed by atoms with Crippen LogP contribution < -0.4 is 10.1 Å². The van der Waals surface area contributed by atoms with Crippen molar-refractivity contribution in [3.05, 3.63) is 65.7 Å². The molecule has 1 heterocycles. The lowest BCUT2D eigenvalue weighted by molar-refractivity contribution is -0.0361. The number of hydrogen-bond acceptors (Lipinski definition) is 4. The van der Waals surface area contributed by atoms with E-state index in [2.05, 4.69) is 10.2 Å². The Hall–Kier alpha value is -2.37. The first-order chi connectivity index (χ1) is 14.8. The lowest BCUT2D eigenvalue weighted by Crippen LogP contribution is -2.59. The number of nitrogens with zero attached hydrogens (tertiary/aromatic N) is 1. The summed E-state index contributed by atoms with van der Waals surface area (Å²) in [4.78, 5) is 15.4. The lowest BCUT2D eigenvalue weighted by atomic mass is 9.79. The molecular weight excluding hydrogens is 376 g/mol. The summed E-state index contributed by atoms with van der Waals surface area (Å²) >= 11 is 0. The Morgan fingerprint density at radius 1 is 0.967 bits per heavy atom. The molecule has 1 aliphatic carbocycles. The standard InChI is InChI=1S/C25H32N2O3/c28-24(22-11-9-21(10-12-22)19-30-23-7-3-1-4-8-23)26-20-25(13-5-2-6-14-25)27-15-17-29-18-16-27/h1,3-4,7-12H,2,5-6,13-20H2,(H,26,28). The van der Waals surface area contributed by atoms with Crippen molar-refractivity contribution in [2.45, 2.75) is 44.2 Å². The zero-order valence-corrected chi connectivity index (χ0v) is 17.6. The van der Waals surface area contributed by atoms with Gasteiger partial charge in [-0.1, -0.05) is 49.6 Å². The number of carbonyl (C=O) groups excluding carboxylic acids is 1. The summed E-state index contributed by atoms with van der Waals surface area (Å²) < 4.78 is 11.3. The largest absolute Gasteiger partial charge is 0.489 e. The number of para-hydroxylation sites is 1. The van der Waals surface area contributed by atoms with Gasteiger partial charge in [-0.3, -0.25) is 9.69 Å². The molecule has 1 saturated carbocycles. The number of carbonyl (C=O) groups is 1. The first-order valence-corrected chi connectivity index (χ1v) is 11.1. The zero-order valence-electron chi connectivity index (χ0n) is 17.6. The Kier molecular flexibility index (Phi) is 7.03. The fourth-order valence-corrected chi connectivity index (χ4v) is 4.63. The molecule has 0 bridgehead atoms. The van der Waals surface area contributed by atoms with E-state index in [4.69, 9.17) is 9.47 Å². The molecule has 2 aliphatic rings. The maximum absolute atomic E-state index is 12.8. The van der Waals surface area contributed by atoms with E-state index in [1.165, 1.54) is 19.3 Å². The van der Waals surface area contributed by atoms with Crippen LogP contribution in [0, 0.1) is 0 Å². The van der Waals surface area contributed by atoms with Gasteiger partial charge in [-0.2, -0.15) is 0 Å². The molecule has 1 saturated heterocycles. The highest BCUT2D eigenvalue weighted by Gasteiger charge is 2.38. The second kappa shape index (κ2) is 10.1. The average molecular weight is 409 g/mol. The summed E-state index contributed by atoms with van der Waals surface area (Å²) in [6.45, 7) is 4.72. The van der Waals surface area contributed by atoms with Crippen LogP contribution in [-0.4, -0.2) is 49.2 Å². The van der Waals surface area contributed by atoms with Gasteiger partial charge < -0.3 is 14.8 Å². The molecular formula is C25H32N2O3. The zero-order chi connectivity index (χ0) is 20.7. The molecule has 5 heteroatoms. The molecule has 1 amide bonds. The van der Waals surface area contributed by atoms with Gasteiger partial charge in [0.1, 0.15) is 12.4 Å². The normalized spacial score (nSPS) is 19.2. The average Bonchev–Trinajstić information content (AvgIpc) is 2.83. The number of morpholine rings is 1. The van der Waals surface area contributed by atoms with Crippen molar-refractivity contribution in [2.75, 3.05) is 32.8 Å². The van der Waals surface area contributed by atoms with Gasteiger partial charge in [-0.15, -0.1) is 0 Å². The molecule has 2 aromatic rings. The van der Waals surface area contributed by atoms with Crippen LogP contribution >= 0.6 is 0 Å². The van der Waals surface area contributed by atoms with Crippen molar-refractivity contribution >= 4 is 5.91 Å². The van der Waals surface area contributed by atoms with E-state index < -0.39 is 0 Å². The molecule has 0 radical (unpaired) electrons. The van der Waals surface area contributed by atoms with E-state index in [9.17, 15) is 4.79 Å². The highest BCUT2D eigenvalue weighted by atomic mass is 16.5. The Morgan fingerprint density at radius 2 is 1.67 bits per heavy atom. The Morgan fingerprint density at radius 3 is 2.37 bits per heavy atom. The molecule has 0 spiro atoms. The van der Waals surface area contributed by atoms with Crippen molar-refractivity contribution in [3.63, 3.8) is 0 Å². The summed E-state index contributed by atoms with van der Waals surface area (Å²) in [6, 6.07) is 17.5. The van der Waals surface area contributed by atoms with Gasteiger partial charge in [0.2, 0.25) is 0 Å². The van der Waals surface area contributed by atoms with Crippen LogP contribution in [0.15, 0.2) is 54.6 Å². The molecule has 0 aromatic heterocycles. The topological polar surface area (TPSA) is 50.8 Å². The van der Waals surface area contributed by atoms with E-state index >= 15 is 0 Å². The Bertz CT molecular complexity index is 795. The summed E-state index contributed by atoms with van der Waals surface area (Å²) in [5, 5.41) is 3.23. The van der Waals surface area contributed by atoms with Gasteiger partial charge in [0.25, 0.3) is 5.91 Å². The third kappa shape index (κ3) is 5.21. The van der Waals surface area contributed by atoms with Gasteiger partial charge in [-0.05, 0) is 42.7 Å². The second-order valence-electron chi connectivity index (χ2n) is 8.37. The molecule has 0 atom stereocenters. The van der Waals surface area contributed by atoms with Gasteiger partial charge in [0, 0.05) is 30.7 Å². The molecule has 2 aromatic carbocycles. The van der Waals surface area contributed by atoms with Crippen LogP contribution in [0.1, 0.15) is 48.0 Å². The van der Waals surface area contributed by atoms with Crippen LogP contribution in [0.3, 0.4) is 0 Å². The minimum atomic E-state index is 0.00346. The summed E-state index contributed by atoms with van der Waals surface area (Å²) in [5.74, 6) is 0.851. The molecule has 0 unspecified atom stereocenters. The van der Waals surface area contributed by atoms with Crippen molar-refractivity contribution in [2.24, 2.45) is 0 Å². The maximum atomic E-state index is 12.8. The minimum Gasteiger partial charge on any atom is -0.489 e. The number of rotatable bonds is 7. The summed E-state index contributed by atoms with van der Waals surface area (Å²) in [6.07, 6.45) is 6.09. The maximum Gasteiger partial charge on any atom is 0.251 e. The molecule has 1 N–H and O–H groups in total. The molecule has 160 valence electrons. The fraction of sp³-hybridized carbons (Fsp3) is 0.480. The predicted octanol–water partition coefficient (Wildman–Crippen LogP) is 4.03. The van der Waals surface area contributed by atoms with Crippen molar-refractivity contribution < 1.29 is 14.3 Å². The number of nitrogens with one attached hydrogen (secondary N) is 1. The third-order valence-electron chi connectivity index (χ3n) is 6.41. The Labute approximate surface area is 179 Å². The third-order valence-corrected chi connectivity index (χ3v) is 6.41. The van der Waals surface area contributed by atoms with Crippen LogP contribution in [-0.2, 0) is 11.3 Å². The first-order valence-electron chi connectivity index (χ1n) is 11.1. The fourth-order valence-electron chi connectivity index (χ4n) is 4.63. The van der Waals surface area contributed by atoms with Gasteiger partial charge in [0.15, 0.2) is 0 Å². The van der Waals surface area contributed by atoms with Gasteiger partial charge >= 0.3 is 0 Å². The first kappa shape index (κ1) is 20.9. The SMILES string of the molecule is O=C(NCC1(N2CCOCC2)CCCCC1)c1ccc(COc2ccccc2)cc1. The lowest BCUT2D eigenvalue weighted by Gasteiger charge is -2.48. The summed E-state index contributed by atoms with van der Waals surface area (Å²) in [5.41, 5.74) is 1.83. The van der Waals surface area contributed by atoms with Crippen LogP contribution in [0.2, 0.25) is 0 Å². The molecule has 1 aliphatic heterocycles. The number of benzene rings is 2. The van der Waals surface area contributed by atoms with Crippen molar-refractivity contribution in [3.8, 4) is 5.75 Å². The Balaban J connectivity index is 1.33. The molecule has 5 nitrogen and oxygen atoms in total. The van der Waals surface area contributed by atoms with E-state index in [0.717, 1.165) is 50.5 Å². The second-order valence-corrected chi connectivity index (χ2v) is 8.37. The molecule has 30 heavy (non-hydrogen) atoms. The minimum absolute atomic E-state index is 0.00346. The highest BCUT2D eigenvalue weighted by Crippen LogP contribution is 2.34. The van der Waals surface area contributed by atoms with E-state index in [0.29, 0.717) is 18.7 Å². The monoisotopic (exact) mass is 408 g/mol. The van der Waals surface area contributed by atoms with Crippen LogP contribution in [0.4, 0.5) is 0 Å². The van der Waals surface area contributed by atoms with E-state index in [1.807, 2.05) is 54.6 Å². The predicted molar refractivity (Wildman–Crippen MR) is 118 cm³/mol. The van der Waals surface area contributed by atoms with Crippen LogP contribution in [0.5, 0.6) is 5.75 Å². The van der Waals surface area contributed by atoms with E-state index in [-0.39, 0.29) is 11.4 Å². The highest BCUT2D eigenvalue weighted by molar-refractivity contribution is 5.94. The van der Waals surface area contributed by atoms with E-state index in [1.54, 1.807) is 0 Å². The van der Waals surface area contributed by atoms with Crippen LogP contribution in [0.25, 0.3) is 0 Å². The summed E-state index contributed by atoms with van der Waals surface area (Å²) in [7, 11) is 0.